The van der Waals surface area contributed by atoms with Gasteiger partial charge in [0.25, 0.3) is 5.91 Å². The molecule has 5 rings (SSSR count). The first-order chi connectivity index (χ1) is 20.3. The highest BCUT2D eigenvalue weighted by Gasteiger charge is 2.26. The van der Waals surface area contributed by atoms with Crippen LogP contribution in [0.2, 0.25) is 0 Å². The number of methoxy groups -OCH3 is 2. The second kappa shape index (κ2) is 12.6. The predicted molar refractivity (Wildman–Crippen MR) is 155 cm³/mol. The Morgan fingerprint density at radius 2 is 1.64 bits per heavy atom. The van der Waals surface area contributed by atoms with Crippen molar-refractivity contribution < 1.29 is 37.0 Å². The zero-order chi connectivity index (χ0) is 29.7. The number of pyridine rings is 1. The smallest absolute Gasteiger partial charge is 0.339 e. The second-order valence-electron chi connectivity index (χ2n) is 9.31. The number of benzene rings is 3. The molecule has 0 unspecified atom stereocenters. The highest BCUT2D eigenvalue weighted by Crippen LogP contribution is 2.33. The summed E-state index contributed by atoms with van der Waals surface area (Å²) in [7, 11) is -0.579. The van der Waals surface area contributed by atoms with Crippen molar-refractivity contribution in [3.63, 3.8) is 0 Å². The van der Waals surface area contributed by atoms with Gasteiger partial charge in [0.05, 0.1) is 49.1 Å². The maximum Gasteiger partial charge on any atom is 0.339 e. The van der Waals surface area contributed by atoms with Crippen LogP contribution in [0.15, 0.2) is 77.7 Å². The second-order valence-corrected chi connectivity index (χ2v) is 11.2. The Hall–Kier alpha value is -4.52. The van der Waals surface area contributed by atoms with Gasteiger partial charge < -0.3 is 24.3 Å². The monoisotopic (exact) mass is 591 g/mol. The minimum atomic E-state index is -3.66. The van der Waals surface area contributed by atoms with Crippen molar-refractivity contribution in [2.24, 2.45) is 0 Å². The number of nitrogens with zero attached hydrogens (tertiary/aromatic N) is 2. The lowest BCUT2D eigenvalue weighted by Gasteiger charge is -2.26. The summed E-state index contributed by atoms with van der Waals surface area (Å²) in [4.78, 5) is 30.6. The predicted octanol–water partition coefficient (Wildman–Crippen LogP) is 3.74. The van der Waals surface area contributed by atoms with Crippen LogP contribution in [0.4, 0.5) is 5.69 Å². The Balaban J connectivity index is 1.28. The Morgan fingerprint density at radius 3 is 2.36 bits per heavy atom. The minimum Gasteiger partial charge on any atom is -0.493 e. The van der Waals surface area contributed by atoms with Crippen LogP contribution in [-0.2, 0) is 24.3 Å². The topological polar surface area (TPSA) is 133 Å². The number of sulfonamides is 1. The number of ether oxygens (including phenoxy) is 4. The molecule has 0 bridgehead atoms. The van der Waals surface area contributed by atoms with Crippen LogP contribution in [-0.4, -0.2) is 76.7 Å². The third kappa shape index (κ3) is 6.20. The molecule has 1 aromatic heterocycles. The van der Waals surface area contributed by atoms with Gasteiger partial charge in [-0.3, -0.25) is 4.79 Å². The zero-order valence-electron chi connectivity index (χ0n) is 23.0. The van der Waals surface area contributed by atoms with Gasteiger partial charge >= 0.3 is 5.97 Å². The number of nitrogens with one attached hydrogen (secondary N) is 1. The molecule has 4 aromatic rings. The van der Waals surface area contributed by atoms with Gasteiger partial charge in [0.2, 0.25) is 10.0 Å². The summed E-state index contributed by atoms with van der Waals surface area (Å²) in [5, 5.41) is 3.20. The molecule has 42 heavy (non-hydrogen) atoms. The van der Waals surface area contributed by atoms with Crippen molar-refractivity contribution in [2.75, 3.05) is 52.4 Å². The van der Waals surface area contributed by atoms with Crippen molar-refractivity contribution in [3.05, 3.63) is 78.4 Å². The van der Waals surface area contributed by atoms with Crippen molar-refractivity contribution in [1.29, 1.82) is 0 Å². The first-order valence-electron chi connectivity index (χ1n) is 13.1. The normalized spacial score (nSPS) is 13.9. The molecule has 1 aliphatic rings. The molecule has 2 heterocycles. The zero-order valence-corrected chi connectivity index (χ0v) is 23.8. The van der Waals surface area contributed by atoms with Gasteiger partial charge in [-0.15, -0.1) is 0 Å². The standard InChI is InChI=1S/C30H29N3O8S/c1-38-27-12-7-20(17-28(27)39-2)26-18-24(23-5-3-4-6-25(23)32-26)30(35)41-19-29(34)31-21-8-10-22(11-9-21)42(36,37)33-13-15-40-16-14-33/h3-12,17-18H,13-16,19H2,1-2H3,(H,31,34). The number of hydrogen-bond acceptors (Lipinski definition) is 9. The van der Waals surface area contributed by atoms with Gasteiger partial charge in [0, 0.05) is 29.7 Å². The number of esters is 1. The molecule has 1 fully saturated rings. The average molecular weight is 592 g/mol. The molecule has 3 aromatic carbocycles. The highest BCUT2D eigenvalue weighted by atomic mass is 32.2. The largest absolute Gasteiger partial charge is 0.493 e. The summed E-state index contributed by atoms with van der Waals surface area (Å²) in [6.07, 6.45) is 0. The summed E-state index contributed by atoms with van der Waals surface area (Å²) in [6.45, 7) is 0.719. The van der Waals surface area contributed by atoms with E-state index in [0.717, 1.165) is 0 Å². The van der Waals surface area contributed by atoms with E-state index < -0.39 is 28.5 Å². The third-order valence-corrected chi connectivity index (χ3v) is 8.61. The van der Waals surface area contributed by atoms with Crippen molar-refractivity contribution in [3.8, 4) is 22.8 Å². The van der Waals surface area contributed by atoms with Crippen molar-refractivity contribution in [2.45, 2.75) is 4.90 Å². The molecule has 0 radical (unpaired) electrons. The van der Waals surface area contributed by atoms with E-state index in [-0.39, 0.29) is 23.5 Å². The summed E-state index contributed by atoms with van der Waals surface area (Å²) in [5.41, 5.74) is 2.40. The summed E-state index contributed by atoms with van der Waals surface area (Å²) < 4.78 is 48.3. The van der Waals surface area contributed by atoms with Gasteiger partial charge in [-0.25, -0.2) is 18.2 Å². The van der Waals surface area contributed by atoms with Crippen LogP contribution < -0.4 is 14.8 Å². The van der Waals surface area contributed by atoms with Crippen LogP contribution in [0.3, 0.4) is 0 Å². The van der Waals surface area contributed by atoms with E-state index in [0.29, 0.717) is 52.6 Å². The third-order valence-electron chi connectivity index (χ3n) is 6.70. The average Bonchev–Trinajstić information content (AvgIpc) is 3.03. The molecule has 1 N–H and O–H groups in total. The highest BCUT2D eigenvalue weighted by molar-refractivity contribution is 7.89. The minimum absolute atomic E-state index is 0.115. The number of morpholine rings is 1. The fraction of sp³-hybridized carbons (Fsp3) is 0.233. The van der Waals surface area contributed by atoms with Gasteiger partial charge in [-0.1, -0.05) is 18.2 Å². The summed E-state index contributed by atoms with van der Waals surface area (Å²) in [6, 6.07) is 19.9. The molecule has 1 amide bonds. The fourth-order valence-corrected chi connectivity index (χ4v) is 5.95. The lowest BCUT2D eigenvalue weighted by molar-refractivity contribution is -0.119. The van der Waals surface area contributed by atoms with E-state index in [1.165, 1.54) is 35.7 Å². The van der Waals surface area contributed by atoms with Crippen molar-refractivity contribution in [1.82, 2.24) is 9.29 Å². The van der Waals surface area contributed by atoms with E-state index in [1.54, 1.807) is 49.6 Å². The van der Waals surface area contributed by atoms with Gasteiger partial charge in [0.15, 0.2) is 18.1 Å². The maximum atomic E-state index is 13.2. The molecule has 0 spiro atoms. The van der Waals surface area contributed by atoms with E-state index in [4.69, 9.17) is 18.9 Å². The number of hydrogen-bond donors (Lipinski definition) is 1. The molecular weight excluding hydrogens is 562 g/mol. The van der Waals surface area contributed by atoms with E-state index in [2.05, 4.69) is 10.3 Å². The molecule has 12 heteroatoms. The number of carbonyl (C=O) groups excluding carboxylic acids is 2. The lowest BCUT2D eigenvalue weighted by atomic mass is 10.0. The number of carbonyl (C=O) groups is 2. The molecule has 1 aliphatic heterocycles. The molecular formula is C30H29N3O8S. The first-order valence-corrected chi connectivity index (χ1v) is 14.5. The summed E-state index contributed by atoms with van der Waals surface area (Å²) >= 11 is 0. The Morgan fingerprint density at radius 1 is 0.929 bits per heavy atom. The van der Waals surface area contributed by atoms with Crippen LogP contribution in [0.1, 0.15) is 10.4 Å². The number of amides is 1. The SMILES string of the molecule is COc1ccc(-c2cc(C(=O)OCC(=O)Nc3ccc(S(=O)(=O)N4CCOCC4)cc3)c3ccccc3n2)cc1OC. The van der Waals surface area contributed by atoms with E-state index >= 15 is 0 Å². The molecule has 1 saturated heterocycles. The molecule has 0 aliphatic carbocycles. The number of rotatable bonds is 9. The maximum absolute atomic E-state index is 13.2. The first kappa shape index (κ1) is 29.0. The number of fused-ring (bicyclic) bond motifs is 1. The molecule has 218 valence electrons. The van der Waals surface area contributed by atoms with E-state index in [1.807, 2.05) is 6.07 Å². The molecule has 0 atom stereocenters. The Labute approximate surface area is 243 Å². The van der Waals surface area contributed by atoms with Gasteiger partial charge in [0.1, 0.15) is 0 Å². The lowest BCUT2D eigenvalue weighted by Crippen LogP contribution is -2.40. The molecule has 0 saturated carbocycles. The Kier molecular flexibility index (Phi) is 8.67. The van der Waals surface area contributed by atoms with Crippen LogP contribution in [0.5, 0.6) is 11.5 Å². The van der Waals surface area contributed by atoms with Crippen LogP contribution in [0, 0.1) is 0 Å². The number of aromatic nitrogens is 1. The van der Waals surface area contributed by atoms with Gasteiger partial charge in [-0.2, -0.15) is 4.31 Å². The van der Waals surface area contributed by atoms with E-state index in [9.17, 15) is 18.0 Å². The van der Waals surface area contributed by atoms with Crippen LogP contribution >= 0.6 is 0 Å². The van der Waals surface area contributed by atoms with Gasteiger partial charge in [-0.05, 0) is 54.6 Å². The Bertz CT molecular complexity index is 1720. The number of anilines is 1. The molecule has 11 nitrogen and oxygen atoms in total. The number of para-hydroxylation sites is 1. The summed E-state index contributed by atoms with van der Waals surface area (Å²) in [5.74, 6) is -0.207. The fourth-order valence-electron chi connectivity index (χ4n) is 4.54. The van der Waals surface area contributed by atoms with Crippen molar-refractivity contribution >= 4 is 38.5 Å². The van der Waals surface area contributed by atoms with Crippen LogP contribution in [0.25, 0.3) is 22.2 Å². The quantitative estimate of drug-likeness (QED) is 0.289.